The first-order chi connectivity index (χ1) is 8.25. The number of hydrogen-bond acceptors (Lipinski definition) is 3. The van der Waals surface area contributed by atoms with Crippen LogP contribution in [0.5, 0.6) is 11.5 Å². The number of alkyl halides is 2. The molecule has 0 fully saturated rings. The lowest BCUT2D eigenvalue weighted by Gasteiger charge is -2.09. The summed E-state index contributed by atoms with van der Waals surface area (Å²) < 4.78 is 34.9. The molecule has 0 atom stereocenters. The zero-order chi connectivity index (χ0) is 12.1. The van der Waals surface area contributed by atoms with Crippen molar-refractivity contribution in [2.45, 2.75) is 19.4 Å². The summed E-state index contributed by atoms with van der Waals surface area (Å²) in [5, 5.41) is 2.68. The molecule has 0 aromatic heterocycles. The van der Waals surface area contributed by atoms with Crippen LogP contribution in [0.1, 0.15) is 12.0 Å². The van der Waals surface area contributed by atoms with E-state index in [4.69, 9.17) is 9.47 Å². The molecule has 1 aliphatic heterocycles. The lowest BCUT2D eigenvalue weighted by atomic mass is 10.2. The molecule has 1 N–H and O–H groups in total. The van der Waals surface area contributed by atoms with E-state index in [0.717, 1.165) is 17.7 Å². The van der Waals surface area contributed by atoms with Gasteiger partial charge >= 0.3 is 0 Å². The molecule has 0 spiro atoms. The number of hydrogen-bond donors (Lipinski definition) is 1. The Morgan fingerprint density at radius 3 is 2.71 bits per heavy atom. The number of fused-ring (bicyclic) bond motifs is 1. The van der Waals surface area contributed by atoms with Crippen molar-refractivity contribution < 1.29 is 18.3 Å². The highest BCUT2D eigenvalue weighted by Gasteiger charge is 2.10. The normalized spacial score (nSPS) is 14.8. The SMILES string of the molecule is FC(F)CNCc1ccc2c(c1)OCCCO2. The predicted molar refractivity (Wildman–Crippen MR) is 59.8 cm³/mol. The molecule has 0 saturated heterocycles. The van der Waals surface area contributed by atoms with Crippen molar-refractivity contribution >= 4 is 0 Å². The fraction of sp³-hybridized carbons (Fsp3) is 0.500. The molecule has 0 unspecified atom stereocenters. The molecule has 0 bridgehead atoms. The summed E-state index contributed by atoms with van der Waals surface area (Å²) in [6, 6.07) is 5.51. The molecule has 5 heteroatoms. The second kappa shape index (κ2) is 5.82. The molecule has 1 heterocycles. The van der Waals surface area contributed by atoms with Crippen molar-refractivity contribution in [1.29, 1.82) is 0 Å². The van der Waals surface area contributed by atoms with Gasteiger partial charge in [0.1, 0.15) is 0 Å². The van der Waals surface area contributed by atoms with Gasteiger partial charge in [-0.25, -0.2) is 8.78 Å². The third-order valence-corrected chi connectivity index (χ3v) is 2.44. The van der Waals surface area contributed by atoms with Gasteiger partial charge in [-0.05, 0) is 17.7 Å². The highest BCUT2D eigenvalue weighted by Crippen LogP contribution is 2.30. The molecule has 1 aliphatic rings. The summed E-state index contributed by atoms with van der Waals surface area (Å²) >= 11 is 0. The monoisotopic (exact) mass is 243 g/mol. The first kappa shape index (κ1) is 12.1. The molecule has 3 nitrogen and oxygen atoms in total. The Labute approximate surface area is 98.7 Å². The van der Waals surface area contributed by atoms with Crippen LogP contribution in [0.3, 0.4) is 0 Å². The van der Waals surface area contributed by atoms with E-state index in [1.54, 1.807) is 0 Å². The maximum Gasteiger partial charge on any atom is 0.250 e. The molecular weight excluding hydrogens is 228 g/mol. The van der Waals surface area contributed by atoms with Crippen LogP contribution in [-0.2, 0) is 6.54 Å². The molecule has 0 saturated carbocycles. The van der Waals surface area contributed by atoms with Crippen molar-refractivity contribution in [1.82, 2.24) is 5.32 Å². The smallest absolute Gasteiger partial charge is 0.250 e. The molecule has 2 rings (SSSR count). The van der Waals surface area contributed by atoms with E-state index >= 15 is 0 Å². The Morgan fingerprint density at radius 1 is 1.18 bits per heavy atom. The Bertz CT molecular complexity index is 372. The fourth-order valence-electron chi connectivity index (χ4n) is 1.64. The number of rotatable bonds is 4. The van der Waals surface area contributed by atoms with Crippen molar-refractivity contribution in [3.63, 3.8) is 0 Å². The van der Waals surface area contributed by atoms with Crippen LogP contribution in [-0.4, -0.2) is 26.2 Å². The molecular formula is C12H15F2NO2. The van der Waals surface area contributed by atoms with E-state index in [-0.39, 0.29) is 6.54 Å². The summed E-state index contributed by atoms with van der Waals surface area (Å²) in [6.07, 6.45) is -1.47. The van der Waals surface area contributed by atoms with E-state index in [1.165, 1.54) is 0 Å². The predicted octanol–water partition coefficient (Wildman–Crippen LogP) is 2.20. The second-order valence-corrected chi connectivity index (χ2v) is 3.85. The highest BCUT2D eigenvalue weighted by molar-refractivity contribution is 5.43. The third kappa shape index (κ3) is 3.56. The van der Waals surface area contributed by atoms with Crippen LogP contribution in [0.25, 0.3) is 0 Å². The molecule has 0 radical (unpaired) electrons. The standard InChI is InChI=1S/C12H15F2NO2/c13-12(14)8-15-7-9-2-3-10-11(6-9)17-5-1-4-16-10/h2-3,6,12,15H,1,4-5,7-8H2. The quantitative estimate of drug-likeness (QED) is 0.879. The number of ether oxygens (including phenoxy) is 2. The van der Waals surface area contributed by atoms with E-state index in [2.05, 4.69) is 5.32 Å². The number of benzene rings is 1. The average molecular weight is 243 g/mol. The summed E-state index contributed by atoms with van der Waals surface area (Å²) in [5.41, 5.74) is 0.912. The van der Waals surface area contributed by atoms with Gasteiger partial charge in [-0.3, -0.25) is 0 Å². The van der Waals surface area contributed by atoms with Gasteiger partial charge in [0.15, 0.2) is 11.5 Å². The minimum atomic E-state index is -2.32. The van der Waals surface area contributed by atoms with Gasteiger partial charge in [-0.2, -0.15) is 0 Å². The fourth-order valence-corrected chi connectivity index (χ4v) is 1.64. The summed E-state index contributed by atoms with van der Waals surface area (Å²) in [4.78, 5) is 0. The van der Waals surface area contributed by atoms with Gasteiger partial charge in [0.05, 0.1) is 19.8 Å². The van der Waals surface area contributed by atoms with Gasteiger partial charge in [0, 0.05) is 13.0 Å². The van der Waals surface area contributed by atoms with E-state index in [9.17, 15) is 8.78 Å². The number of halogens is 2. The maximum absolute atomic E-state index is 12.0. The van der Waals surface area contributed by atoms with Gasteiger partial charge in [-0.1, -0.05) is 6.07 Å². The van der Waals surface area contributed by atoms with Gasteiger partial charge in [0.2, 0.25) is 0 Å². The third-order valence-electron chi connectivity index (χ3n) is 2.44. The molecule has 0 aliphatic carbocycles. The van der Waals surface area contributed by atoms with Crippen LogP contribution in [0.4, 0.5) is 8.78 Å². The minimum Gasteiger partial charge on any atom is -0.490 e. The lowest BCUT2D eigenvalue weighted by Crippen LogP contribution is -2.20. The van der Waals surface area contributed by atoms with Gasteiger partial charge < -0.3 is 14.8 Å². The number of nitrogens with one attached hydrogen (secondary N) is 1. The first-order valence-electron chi connectivity index (χ1n) is 5.63. The van der Waals surface area contributed by atoms with Gasteiger partial charge in [0.25, 0.3) is 6.43 Å². The Balaban J connectivity index is 1.97. The molecule has 0 amide bonds. The Morgan fingerprint density at radius 2 is 1.94 bits per heavy atom. The van der Waals surface area contributed by atoms with Crippen LogP contribution < -0.4 is 14.8 Å². The Kier molecular flexibility index (Phi) is 4.14. The molecule has 1 aromatic rings. The van der Waals surface area contributed by atoms with Crippen molar-refractivity contribution in [3.05, 3.63) is 23.8 Å². The van der Waals surface area contributed by atoms with Crippen molar-refractivity contribution in [3.8, 4) is 11.5 Å². The van der Waals surface area contributed by atoms with Crippen LogP contribution in [0.15, 0.2) is 18.2 Å². The summed E-state index contributed by atoms with van der Waals surface area (Å²) in [7, 11) is 0. The molecule has 17 heavy (non-hydrogen) atoms. The van der Waals surface area contributed by atoms with E-state index in [1.807, 2.05) is 18.2 Å². The topological polar surface area (TPSA) is 30.5 Å². The van der Waals surface area contributed by atoms with Crippen molar-refractivity contribution in [2.24, 2.45) is 0 Å². The van der Waals surface area contributed by atoms with Crippen molar-refractivity contribution in [2.75, 3.05) is 19.8 Å². The van der Waals surface area contributed by atoms with Gasteiger partial charge in [-0.15, -0.1) is 0 Å². The van der Waals surface area contributed by atoms with E-state index in [0.29, 0.717) is 25.5 Å². The van der Waals surface area contributed by atoms with E-state index < -0.39 is 6.43 Å². The second-order valence-electron chi connectivity index (χ2n) is 3.85. The lowest BCUT2D eigenvalue weighted by molar-refractivity contribution is 0.145. The largest absolute Gasteiger partial charge is 0.490 e. The molecule has 94 valence electrons. The molecule has 1 aromatic carbocycles. The Hall–Kier alpha value is -1.36. The zero-order valence-electron chi connectivity index (χ0n) is 9.42. The minimum absolute atomic E-state index is 0.297. The average Bonchev–Trinajstić information content (AvgIpc) is 2.53. The van der Waals surface area contributed by atoms with Crippen LogP contribution in [0.2, 0.25) is 0 Å². The summed E-state index contributed by atoms with van der Waals surface area (Å²) in [6.45, 7) is 1.38. The zero-order valence-corrected chi connectivity index (χ0v) is 9.42. The maximum atomic E-state index is 12.0. The highest BCUT2D eigenvalue weighted by atomic mass is 19.3. The van der Waals surface area contributed by atoms with Crippen LogP contribution >= 0.6 is 0 Å². The first-order valence-corrected chi connectivity index (χ1v) is 5.63. The van der Waals surface area contributed by atoms with Crippen LogP contribution in [0, 0.1) is 0 Å². The summed E-state index contributed by atoms with van der Waals surface area (Å²) in [5.74, 6) is 1.42.